The predicted molar refractivity (Wildman–Crippen MR) is 88.1 cm³/mol. The smallest absolute Gasteiger partial charge is 0.225 e. The normalized spacial score (nSPS) is 12.6. The molecule has 3 rings (SSSR count). The third-order valence-corrected chi connectivity index (χ3v) is 5.08. The second-order valence-electron chi connectivity index (χ2n) is 4.60. The molecule has 6 heteroatoms. The number of aryl methyl sites for hydroxylation is 1. The summed E-state index contributed by atoms with van der Waals surface area (Å²) in [6.07, 6.45) is 0. The highest BCUT2D eigenvalue weighted by atomic mass is 32.1. The van der Waals surface area contributed by atoms with E-state index in [1.807, 2.05) is 23.8 Å². The maximum atomic E-state index is 4.54. The van der Waals surface area contributed by atoms with Crippen LogP contribution in [0.25, 0.3) is 10.2 Å². The second kappa shape index (κ2) is 5.38. The molecule has 2 N–H and O–H groups in total. The molecule has 1 unspecified atom stereocenters. The lowest BCUT2D eigenvalue weighted by molar-refractivity contribution is 0.898. The van der Waals surface area contributed by atoms with E-state index in [1.165, 1.54) is 9.75 Å². The topological polar surface area (TPSA) is 49.8 Å². The minimum absolute atomic E-state index is 0.233. The molecule has 0 bridgehead atoms. The van der Waals surface area contributed by atoms with Gasteiger partial charge in [-0.25, -0.2) is 4.98 Å². The molecule has 0 radical (unpaired) electrons. The molecule has 20 heavy (non-hydrogen) atoms. The molecule has 0 saturated carbocycles. The third kappa shape index (κ3) is 2.48. The highest BCUT2D eigenvalue weighted by Gasteiger charge is 2.13. The van der Waals surface area contributed by atoms with E-state index in [1.54, 1.807) is 11.3 Å². The lowest BCUT2D eigenvalue weighted by Gasteiger charge is -2.14. The summed E-state index contributed by atoms with van der Waals surface area (Å²) in [7, 11) is 1.84. The number of hydrogen-bond donors (Lipinski definition) is 2. The summed E-state index contributed by atoms with van der Waals surface area (Å²) < 4.78 is 0. The molecule has 3 aromatic heterocycles. The Kier molecular flexibility index (Phi) is 3.58. The molecule has 0 aliphatic rings. The first-order valence-electron chi connectivity index (χ1n) is 6.43. The molecular weight excluding hydrogens is 288 g/mol. The Bertz CT molecular complexity index is 732. The minimum atomic E-state index is 0.233. The Balaban J connectivity index is 1.95. The first-order chi connectivity index (χ1) is 9.67. The molecule has 3 heterocycles. The van der Waals surface area contributed by atoms with Crippen molar-refractivity contribution in [1.82, 2.24) is 9.97 Å². The van der Waals surface area contributed by atoms with Crippen LogP contribution >= 0.6 is 22.7 Å². The summed E-state index contributed by atoms with van der Waals surface area (Å²) in [4.78, 5) is 12.6. The van der Waals surface area contributed by atoms with Gasteiger partial charge < -0.3 is 10.6 Å². The summed E-state index contributed by atoms with van der Waals surface area (Å²) in [5.41, 5.74) is 0. The Hall–Kier alpha value is -1.66. The lowest BCUT2D eigenvalue weighted by Crippen LogP contribution is -2.08. The maximum absolute atomic E-state index is 4.54. The van der Waals surface area contributed by atoms with Crippen molar-refractivity contribution in [1.29, 1.82) is 0 Å². The first kappa shape index (κ1) is 13.3. The van der Waals surface area contributed by atoms with Crippen molar-refractivity contribution in [3.8, 4) is 0 Å². The van der Waals surface area contributed by atoms with E-state index in [0.29, 0.717) is 5.95 Å². The monoisotopic (exact) mass is 304 g/mol. The van der Waals surface area contributed by atoms with Crippen LogP contribution in [-0.4, -0.2) is 17.0 Å². The SMILES string of the molecule is CNc1nc(NC(C)c2ccc(C)s2)c2ccsc2n1. The molecule has 0 amide bonds. The maximum Gasteiger partial charge on any atom is 0.225 e. The second-order valence-corrected chi connectivity index (χ2v) is 6.81. The molecule has 104 valence electrons. The van der Waals surface area contributed by atoms with Gasteiger partial charge in [-0.15, -0.1) is 22.7 Å². The summed E-state index contributed by atoms with van der Waals surface area (Å²) in [5, 5.41) is 9.64. The van der Waals surface area contributed by atoms with Gasteiger partial charge in [0.15, 0.2) is 0 Å². The summed E-state index contributed by atoms with van der Waals surface area (Å²) >= 11 is 3.44. The van der Waals surface area contributed by atoms with E-state index >= 15 is 0 Å². The van der Waals surface area contributed by atoms with Gasteiger partial charge in [-0.05, 0) is 37.4 Å². The van der Waals surface area contributed by atoms with Crippen molar-refractivity contribution in [3.05, 3.63) is 33.3 Å². The van der Waals surface area contributed by atoms with Gasteiger partial charge in [0.2, 0.25) is 5.95 Å². The number of thiophene rings is 2. The number of hydrogen-bond acceptors (Lipinski definition) is 6. The van der Waals surface area contributed by atoms with Crippen LogP contribution in [0.4, 0.5) is 11.8 Å². The average molecular weight is 304 g/mol. The number of nitrogens with zero attached hydrogens (tertiary/aromatic N) is 2. The molecule has 0 fully saturated rings. The fourth-order valence-corrected chi connectivity index (χ4v) is 3.68. The van der Waals surface area contributed by atoms with Gasteiger partial charge >= 0.3 is 0 Å². The van der Waals surface area contributed by atoms with Crippen LogP contribution in [0.15, 0.2) is 23.6 Å². The van der Waals surface area contributed by atoms with Crippen LogP contribution in [0, 0.1) is 6.92 Å². The minimum Gasteiger partial charge on any atom is -0.362 e. The van der Waals surface area contributed by atoms with Gasteiger partial charge in [-0.3, -0.25) is 0 Å². The van der Waals surface area contributed by atoms with Crippen LogP contribution in [0.1, 0.15) is 22.7 Å². The van der Waals surface area contributed by atoms with Crippen LogP contribution in [0.5, 0.6) is 0 Å². The average Bonchev–Trinajstić information content (AvgIpc) is 3.06. The van der Waals surface area contributed by atoms with Crippen LogP contribution in [-0.2, 0) is 0 Å². The van der Waals surface area contributed by atoms with Crippen molar-refractivity contribution in [2.45, 2.75) is 19.9 Å². The van der Waals surface area contributed by atoms with E-state index in [-0.39, 0.29) is 6.04 Å². The zero-order valence-electron chi connectivity index (χ0n) is 11.6. The molecule has 3 aromatic rings. The molecule has 0 aliphatic carbocycles. The van der Waals surface area contributed by atoms with Gasteiger partial charge in [0, 0.05) is 16.8 Å². The number of rotatable bonds is 4. The molecule has 1 atom stereocenters. The molecule has 0 aliphatic heterocycles. The molecule has 0 aromatic carbocycles. The third-order valence-electron chi connectivity index (χ3n) is 3.09. The van der Waals surface area contributed by atoms with E-state index in [2.05, 4.69) is 52.6 Å². The fraction of sp³-hybridized carbons (Fsp3) is 0.286. The van der Waals surface area contributed by atoms with Crippen molar-refractivity contribution >= 4 is 44.7 Å². The Morgan fingerprint density at radius 2 is 2.05 bits per heavy atom. The summed E-state index contributed by atoms with van der Waals surface area (Å²) in [6.45, 7) is 4.28. The largest absolute Gasteiger partial charge is 0.362 e. The molecule has 0 spiro atoms. The zero-order chi connectivity index (χ0) is 14.1. The number of anilines is 2. The van der Waals surface area contributed by atoms with Gasteiger partial charge in [0.05, 0.1) is 11.4 Å². The molecule has 4 nitrogen and oxygen atoms in total. The first-order valence-corrected chi connectivity index (χ1v) is 8.13. The molecular formula is C14H16N4S2. The molecule has 0 saturated heterocycles. The van der Waals surface area contributed by atoms with Crippen molar-refractivity contribution in [2.75, 3.05) is 17.7 Å². The van der Waals surface area contributed by atoms with Gasteiger partial charge in [-0.1, -0.05) is 0 Å². The lowest BCUT2D eigenvalue weighted by atomic mass is 10.2. The van der Waals surface area contributed by atoms with Gasteiger partial charge in [0.1, 0.15) is 10.6 Å². The van der Waals surface area contributed by atoms with Crippen LogP contribution in [0.2, 0.25) is 0 Å². The Morgan fingerprint density at radius 1 is 1.20 bits per heavy atom. The predicted octanol–water partition coefficient (Wildman–Crippen LogP) is 4.28. The van der Waals surface area contributed by atoms with Crippen LogP contribution in [0.3, 0.4) is 0 Å². The number of aromatic nitrogens is 2. The zero-order valence-corrected chi connectivity index (χ0v) is 13.2. The standard InChI is InChI=1S/C14H16N4S2/c1-8-4-5-11(20-8)9(2)16-12-10-6-7-19-13(10)18-14(15-3)17-12/h4-7,9H,1-3H3,(H2,15,16,17,18). The summed E-state index contributed by atoms with van der Waals surface area (Å²) in [5.74, 6) is 1.54. The Labute approximate surface area is 125 Å². The number of nitrogens with one attached hydrogen (secondary N) is 2. The Morgan fingerprint density at radius 3 is 2.75 bits per heavy atom. The van der Waals surface area contributed by atoms with Crippen molar-refractivity contribution in [2.24, 2.45) is 0 Å². The number of fused-ring (bicyclic) bond motifs is 1. The highest BCUT2D eigenvalue weighted by molar-refractivity contribution is 7.16. The van der Waals surface area contributed by atoms with Crippen molar-refractivity contribution < 1.29 is 0 Å². The van der Waals surface area contributed by atoms with Gasteiger partial charge in [-0.2, -0.15) is 4.98 Å². The van der Waals surface area contributed by atoms with Crippen LogP contribution < -0.4 is 10.6 Å². The fourth-order valence-electron chi connectivity index (χ4n) is 2.04. The van der Waals surface area contributed by atoms with E-state index in [4.69, 9.17) is 0 Å². The van der Waals surface area contributed by atoms with E-state index in [0.717, 1.165) is 16.0 Å². The quantitative estimate of drug-likeness (QED) is 0.755. The van der Waals surface area contributed by atoms with E-state index < -0.39 is 0 Å². The van der Waals surface area contributed by atoms with E-state index in [9.17, 15) is 0 Å². The summed E-state index contributed by atoms with van der Waals surface area (Å²) in [6, 6.07) is 6.62. The van der Waals surface area contributed by atoms with Gasteiger partial charge in [0.25, 0.3) is 0 Å². The highest BCUT2D eigenvalue weighted by Crippen LogP contribution is 2.30. The van der Waals surface area contributed by atoms with Crippen molar-refractivity contribution in [3.63, 3.8) is 0 Å².